The largest absolute Gasteiger partial charge is 0.339 e. The molecular weight excluding hydrogens is 266 g/mol. The Kier molecular flexibility index (Phi) is 5.83. The predicted molar refractivity (Wildman–Crippen MR) is 88.1 cm³/mol. The molecule has 0 spiro atoms. The van der Waals surface area contributed by atoms with Crippen LogP contribution >= 0.6 is 11.8 Å². The second-order valence-corrected chi connectivity index (χ2v) is 9.36. The van der Waals surface area contributed by atoms with Crippen LogP contribution in [0.15, 0.2) is 0 Å². The molecule has 0 radical (unpaired) electrons. The monoisotopic (exact) mass is 297 g/mol. The fraction of sp³-hybridized carbons (Fsp3) is 0.941. The number of nitrogens with zero attached hydrogens (tertiary/aromatic N) is 1. The van der Waals surface area contributed by atoms with E-state index < -0.39 is 0 Å². The van der Waals surface area contributed by atoms with E-state index in [4.69, 9.17) is 0 Å². The SMILES string of the molecule is CC(C)(C)SCC1CCCCN1C(=O)CC1CCCC1. The highest BCUT2D eigenvalue weighted by Gasteiger charge is 2.29. The zero-order valence-corrected chi connectivity index (χ0v) is 14.3. The first-order valence-electron chi connectivity index (χ1n) is 8.39. The van der Waals surface area contributed by atoms with Gasteiger partial charge in [-0.3, -0.25) is 4.79 Å². The van der Waals surface area contributed by atoms with Gasteiger partial charge in [-0.05, 0) is 38.0 Å². The summed E-state index contributed by atoms with van der Waals surface area (Å²) in [6.07, 6.45) is 9.75. The van der Waals surface area contributed by atoms with Crippen LogP contribution in [0.5, 0.6) is 0 Å². The number of hydrogen-bond acceptors (Lipinski definition) is 2. The van der Waals surface area contributed by atoms with Crippen molar-refractivity contribution in [1.29, 1.82) is 0 Å². The lowest BCUT2D eigenvalue weighted by atomic mass is 9.99. The molecular formula is C17H31NOS. The Morgan fingerprint density at radius 2 is 1.75 bits per heavy atom. The average Bonchev–Trinajstić information content (AvgIpc) is 2.88. The number of carbonyl (C=O) groups is 1. The number of thioether (sulfide) groups is 1. The van der Waals surface area contributed by atoms with Crippen molar-refractivity contribution in [2.24, 2.45) is 5.92 Å². The Morgan fingerprint density at radius 1 is 1.10 bits per heavy atom. The standard InChI is InChI=1S/C17H31NOS/c1-17(2,3)20-13-15-10-6-7-11-18(15)16(19)12-14-8-4-5-9-14/h14-15H,4-13H2,1-3H3. The Bertz CT molecular complexity index is 317. The van der Waals surface area contributed by atoms with Gasteiger partial charge in [-0.1, -0.05) is 33.6 Å². The number of carbonyl (C=O) groups excluding carboxylic acids is 1. The summed E-state index contributed by atoms with van der Waals surface area (Å²) in [4.78, 5) is 14.8. The first kappa shape index (κ1) is 16.2. The van der Waals surface area contributed by atoms with Crippen molar-refractivity contribution in [2.45, 2.75) is 82.9 Å². The van der Waals surface area contributed by atoms with E-state index in [1.54, 1.807) is 0 Å². The topological polar surface area (TPSA) is 20.3 Å². The van der Waals surface area contributed by atoms with Gasteiger partial charge in [0.15, 0.2) is 0 Å². The maximum Gasteiger partial charge on any atom is 0.223 e. The Labute approximate surface area is 129 Å². The smallest absolute Gasteiger partial charge is 0.223 e. The molecule has 116 valence electrons. The molecule has 20 heavy (non-hydrogen) atoms. The quantitative estimate of drug-likeness (QED) is 0.762. The third-order valence-electron chi connectivity index (χ3n) is 4.59. The lowest BCUT2D eigenvalue weighted by molar-refractivity contribution is -0.135. The van der Waals surface area contributed by atoms with Crippen molar-refractivity contribution < 1.29 is 4.79 Å². The minimum atomic E-state index is 0.303. The van der Waals surface area contributed by atoms with Gasteiger partial charge in [0, 0.05) is 29.5 Å². The third kappa shape index (κ3) is 4.98. The number of likely N-dealkylation sites (tertiary alicyclic amines) is 1. The van der Waals surface area contributed by atoms with Crippen LogP contribution in [-0.4, -0.2) is 33.9 Å². The van der Waals surface area contributed by atoms with Crippen LogP contribution in [0.25, 0.3) is 0 Å². The molecule has 1 aliphatic heterocycles. The highest BCUT2D eigenvalue weighted by molar-refractivity contribution is 8.00. The van der Waals surface area contributed by atoms with Gasteiger partial charge in [-0.15, -0.1) is 0 Å². The van der Waals surface area contributed by atoms with E-state index in [1.807, 2.05) is 11.8 Å². The number of amides is 1. The highest BCUT2D eigenvalue weighted by Crippen LogP contribution is 2.31. The van der Waals surface area contributed by atoms with E-state index in [2.05, 4.69) is 25.7 Å². The first-order valence-corrected chi connectivity index (χ1v) is 9.38. The maximum absolute atomic E-state index is 12.6. The van der Waals surface area contributed by atoms with E-state index in [0.29, 0.717) is 22.6 Å². The molecule has 1 heterocycles. The molecule has 0 bridgehead atoms. The summed E-state index contributed by atoms with van der Waals surface area (Å²) in [6, 6.07) is 0.488. The van der Waals surface area contributed by atoms with Crippen molar-refractivity contribution in [3.8, 4) is 0 Å². The molecule has 1 saturated heterocycles. The van der Waals surface area contributed by atoms with E-state index in [0.717, 1.165) is 18.7 Å². The fourth-order valence-corrected chi connectivity index (χ4v) is 4.47. The van der Waals surface area contributed by atoms with Crippen molar-refractivity contribution in [2.75, 3.05) is 12.3 Å². The molecule has 1 atom stereocenters. The fourth-order valence-electron chi connectivity index (χ4n) is 3.43. The number of hydrogen-bond donors (Lipinski definition) is 0. The summed E-state index contributed by atoms with van der Waals surface area (Å²) in [6.45, 7) is 7.81. The van der Waals surface area contributed by atoms with Crippen molar-refractivity contribution in [1.82, 2.24) is 4.90 Å². The second kappa shape index (κ2) is 7.20. The minimum Gasteiger partial charge on any atom is -0.339 e. The van der Waals surface area contributed by atoms with Gasteiger partial charge in [0.2, 0.25) is 5.91 Å². The highest BCUT2D eigenvalue weighted by atomic mass is 32.2. The van der Waals surface area contributed by atoms with Gasteiger partial charge < -0.3 is 4.90 Å². The Balaban J connectivity index is 1.86. The molecule has 3 heteroatoms. The van der Waals surface area contributed by atoms with Crippen LogP contribution in [0.4, 0.5) is 0 Å². The van der Waals surface area contributed by atoms with Crippen molar-refractivity contribution in [3.63, 3.8) is 0 Å². The zero-order valence-electron chi connectivity index (χ0n) is 13.5. The van der Waals surface area contributed by atoms with Gasteiger partial charge in [-0.2, -0.15) is 11.8 Å². The molecule has 0 N–H and O–H groups in total. The second-order valence-electron chi connectivity index (χ2n) is 7.51. The molecule has 2 rings (SSSR count). The number of rotatable bonds is 4. The molecule has 1 saturated carbocycles. The van der Waals surface area contributed by atoms with Gasteiger partial charge in [0.05, 0.1) is 0 Å². The molecule has 2 nitrogen and oxygen atoms in total. The Hall–Kier alpha value is -0.180. The van der Waals surface area contributed by atoms with Crippen LogP contribution in [-0.2, 0) is 4.79 Å². The van der Waals surface area contributed by atoms with E-state index >= 15 is 0 Å². The summed E-state index contributed by atoms with van der Waals surface area (Å²) in [7, 11) is 0. The van der Waals surface area contributed by atoms with Crippen LogP contribution in [0.3, 0.4) is 0 Å². The summed E-state index contributed by atoms with van der Waals surface area (Å²) < 4.78 is 0.303. The van der Waals surface area contributed by atoms with E-state index in [9.17, 15) is 4.79 Å². The molecule has 0 aromatic heterocycles. The Morgan fingerprint density at radius 3 is 2.40 bits per heavy atom. The maximum atomic E-state index is 12.6. The third-order valence-corrected chi connectivity index (χ3v) is 6.01. The van der Waals surface area contributed by atoms with Crippen LogP contribution < -0.4 is 0 Å². The van der Waals surface area contributed by atoms with E-state index in [-0.39, 0.29) is 0 Å². The molecule has 1 amide bonds. The summed E-state index contributed by atoms with van der Waals surface area (Å²) in [5, 5.41) is 0. The zero-order chi connectivity index (χ0) is 14.6. The predicted octanol–water partition coefficient (Wildman–Crippen LogP) is 4.48. The van der Waals surface area contributed by atoms with Crippen LogP contribution in [0.2, 0.25) is 0 Å². The van der Waals surface area contributed by atoms with Crippen LogP contribution in [0, 0.1) is 5.92 Å². The lowest BCUT2D eigenvalue weighted by Gasteiger charge is -2.37. The molecule has 0 aromatic rings. The van der Waals surface area contributed by atoms with E-state index in [1.165, 1.54) is 44.9 Å². The normalized spacial score (nSPS) is 25.1. The summed E-state index contributed by atoms with van der Waals surface area (Å²) in [5.41, 5.74) is 0. The van der Waals surface area contributed by atoms with Crippen LogP contribution in [0.1, 0.15) is 72.1 Å². The molecule has 2 fully saturated rings. The molecule has 0 aromatic carbocycles. The molecule has 1 unspecified atom stereocenters. The summed E-state index contributed by atoms with van der Waals surface area (Å²) >= 11 is 2.01. The molecule has 1 aliphatic carbocycles. The van der Waals surface area contributed by atoms with Crippen molar-refractivity contribution >= 4 is 17.7 Å². The molecule has 2 aliphatic rings. The number of piperidine rings is 1. The average molecular weight is 298 g/mol. The van der Waals surface area contributed by atoms with Crippen molar-refractivity contribution in [3.05, 3.63) is 0 Å². The van der Waals surface area contributed by atoms with Gasteiger partial charge >= 0.3 is 0 Å². The van der Waals surface area contributed by atoms with Gasteiger partial charge in [0.25, 0.3) is 0 Å². The van der Waals surface area contributed by atoms with Gasteiger partial charge in [-0.25, -0.2) is 0 Å². The minimum absolute atomic E-state index is 0.303. The lowest BCUT2D eigenvalue weighted by Crippen LogP contribution is -2.46. The first-order chi connectivity index (χ1) is 9.46. The summed E-state index contributed by atoms with van der Waals surface area (Å²) in [5.74, 6) is 2.23. The van der Waals surface area contributed by atoms with Gasteiger partial charge in [0.1, 0.15) is 0 Å².